The van der Waals surface area contributed by atoms with Crippen molar-refractivity contribution in [3.8, 4) is 0 Å². The fourth-order valence-corrected chi connectivity index (χ4v) is 3.51. The molecule has 2 heterocycles. The van der Waals surface area contributed by atoms with Crippen LogP contribution in [0.4, 0.5) is 11.5 Å². The van der Waals surface area contributed by atoms with Crippen molar-refractivity contribution in [3.63, 3.8) is 0 Å². The first kappa shape index (κ1) is 18.9. The number of nitrogen functional groups attached to an aromatic ring is 1. The van der Waals surface area contributed by atoms with Gasteiger partial charge >= 0.3 is 11.8 Å². The second kappa shape index (κ2) is 7.78. The Morgan fingerprint density at radius 3 is 2.56 bits per heavy atom. The van der Waals surface area contributed by atoms with Crippen LogP contribution >= 0.6 is 0 Å². The van der Waals surface area contributed by atoms with Gasteiger partial charge in [0.15, 0.2) is 0 Å². The van der Waals surface area contributed by atoms with Crippen molar-refractivity contribution in [1.82, 2.24) is 9.88 Å². The van der Waals surface area contributed by atoms with Crippen molar-refractivity contribution in [2.24, 2.45) is 11.8 Å². The molecule has 1 aliphatic rings. The number of rotatable bonds is 2. The number of aryl methyl sites for hydroxylation is 1. The molecule has 2 aromatic rings. The number of benzene rings is 1. The Kier molecular flexibility index (Phi) is 5.44. The van der Waals surface area contributed by atoms with Gasteiger partial charge in [0.1, 0.15) is 5.82 Å². The van der Waals surface area contributed by atoms with Crippen LogP contribution in [0.25, 0.3) is 0 Å². The summed E-state index contributed by atoms with van der Waals surface area (Å²) in [6, 6.07) is 11.5. The molecule has 1 aromatic carbocycles. The summed E-state index contributed by atoms with van der Waals surface area (Å²) in [5.74, 6) is 0.0523. The lowest BCUT2D eigenvalue weighted by atomic mass is 9.82. The lowest BCUT2D eigenvalue weighted by Gasteiger charge is -2.42. The van der Waals surface area contributed by atoms with Crippen LogP contribution in [0.15, 0.2) is 42.6 Å². The van der Waals surface area contributed by atoms with Gasteiger partial charge < -0.3 is 16.0 Å². The topological polar surface area (TPSA) is 88.3 Å². The number of aromatic nitrogens is 1. The third kappa shape index (κ3) is 4.10. The molecule has 3 N–H and O–H groups in total. The Hall–Kier alpha value is -2.89. The Morgan fingerprint density at radius 2 is 1.89 bits per heavy atom. The number of amides is 2. The van der Waals surface area contributed by atoms with Crippen molar-refractivity contribution in [1.29, 1.82) is 0 Å². The largest absolute Gasteiger partial charge is 0.383 e. The SMILES string of the molecule is Cc1cc(NC(=O)C(=O)N2C[C@@H](C)[C@H](C)C[C@H]2c2ccccc2)cnc1N. The maximum Gasteiger partial charge on any atom is 0.313 e. The fourth-order valence-electron chi connectivity index (χ4n) is 3.51. The second-order valence-corrected chi connectivity index (χ2v) is 7.45. The molecule has 27 heavy (non-hydrogen) atoms. The molecular weight excluding hydrogens is 340 g/mol. The minimum atomic E-state index is -0.649. The molecule has 1 aromatic heterocycles. The lowest BCUT2D eigenvalue weighted by Crippen LogP contribution is -2.48. The summed E-state index contributed by atoms with van der Waals surface area (Å²) in [4.78, 5) is 31.3. The molecule has 0 spiro atoms. The van der Waals surface area contributed by atoms with Crippen LogP contribution in [-0.2, 0) is 9.59 Å². The van der Waals surface area contributed by atoms with E-state index in [0.717, 1.165) is 17.5 Å². The van der Waals surface area contributed by atoms with Gasteiger partial charge in [0.2, 0.25) is 0 Å². The predicted octanol–water partition coefficient (Wildman–Crippen LogP) is 3.16. The third-order valence-electron chi connectivity index (χ3n) is 5.44. The molecular formula is C21H26N4O2. The van der Waals surface area contributed by atoms with Gasteiger partial charge in [0.05, 0.1) is 17.9 Å². The molecule has 6 heteroatoms. The minimum absolute atomic E-state index is 0.0954. The summed E-state index contributed by atoms with van der Waals surface area (Å²) < 4.78 is 0. The van der Waals surface area contributed by atoms with E-state index in [-0.39, 0.29) is 6.04 Å². The van der Waals surface area contributed by atoms with Crippen molar-refractivity contribution < 1.29 is 9.59 Å². The number of hydrogen-bond acceptors (Lipinski definition) is 4. The van der Waals surface area contributed by atoms with E-state index < -0.39 is 11.8 Å². The van der Waals surface area contributed by atoms with Crippen molar-refractivity contribution >= 4 is 23.3 Å². The molecule has 0 bridgehead atoms. The summed E-state index contributed by atoms with van der Waals surface area (Å²) in [7, 11) is 0. The second-order valence-electron chi connectivity index (χ2n) is 7.45. The van der Waals surface area contributed by atoms with Crippen LogP contribution < -0.4 is 11.1 Å². The third-order valence-corrected chi connectivity index (χ3v) is 5.44. The number of anilines is 2. The number of nitrogens with two attached hydrogens (primary N) is 1. The fraction of sp³-hybridized carbons (Fsp3) is 0.381. The van der Waals surface area contributed by atoms with E-state index >= 15 is 0 Å². The van der Waals surface area contributed by atoms with Gasteiger partial charge in [-0.15, -0.1) is 0 Å². The van der Waals surface area contributed by atoms with Gasteiger partial charge in [-0.2, -0.15) is 0 Å². The van der Waals surface area contributed by atoms with Crippen LogP contribution in [0.1, 0.15) is 37.4 Å². The highest BCUT2D eigenvalue weighted by molar-refractivity contribution is 6.39. The molecule has 6 nitrogen and oxygen atoms in total. The summed E-state index contributed by atoms with van der Waals surface area (Å²) in [5.41, 5.74) is 7.99. The highest BCUT2D eigenvalue weighted by Crippen LogP contribution is 2.36. The average Bonchev–Trinajstić information content (AvgIpc) is 2.66. The van der Waals surface area contributed by atoms with Crippen molar-refractivity contribution in [3.05, 3.63) is 53.7 Å². The number of carbonyl (C=O) groups excluding carboxylic acids is 2. The number of hydrogen-bond donors (Lipinski definition) is 2. The smallest absolute Gasteiger partial charge is 0.313 e. The normalized spacial score (nSPS) is 22.3. The minimum Gasteiger partial charge on any atom is -0.383 e. The van der Waals surface area contributed by atoms with Crippen molar-refractivity contribution in [2.45, 2.75) is 33.2 Å². The van der Waals surface area contributed by atoms with Crippen LogP contribution in [0.5, 0.6) is 0 Å². The molecule has 142 valence electrons. The summed E-state index contributed by atoms with van der Waals surface area (Å²) in [6.45, 7) is 6.69. The molecule has 2 amide bonds. The maximum atomic E-state index is 13.0. The zero-order chi connectivity index (χ0) is 19.6. The summed E-state index contributed by atoms with van der Waals surface area (Å²) in [5, 5.41) is 2.66. The Labute approximate surface area is 159 Å². The molecule has 1 fully saturated rings. The van der Waals surface area contributed by atoms with E-state index in [1.54, 1.807) is 17.9 Å². The van der Waals surface area contributed by atoms with Gasteiger partial charge in [-0.25, -0.2) is 4.98 Å². The van der Waals surface area contributed by atoms with E-state index in [4.69, 9.17) is 5.73 Å². The van der Waals surface area contributed by atoms with Gasteiger partial charge in [0.25, 0.3) is 0 Å². The molecule has 3 rings (SSSR count). The van der Waals surface area contributed by atoms with Crippen LogP contribution in [-0.4, -0.2) is 28.2 Å². The number of carbonyl (C=O) groups is 2. The number of nitrogens with zero attached hydrogens (tertiary/aromatic N) is 2. The highest BCUT2D eigenvalue weighted by atomic mass is 16.2. The van der Waals surface area contributed by atoms with Crippen LogP contribution in [0, 0.1) is 18.8 Å². The van der Waals surface area contributed by atoms with Crippen LogP contribution in [0.3, 0.4) is 0 Å². The van der Waals surface area contributed by atoms with Gasteiger partial charge in [0, 0.05) is 6.54 Å². The maximum absolute atomic E-state index is 13.0. The van der Waals surface area contributed by atoms with E-state index in [1.165, 1.54) is 6.20 Å². The summed E-state index contributed by atoms with van der Waals surface area (Å²) in [6.07, 6.45) is 2.30. The van der Waals surface area contributed by atoms with Crippen molar-refractivity contribution in [2.75, 3.05) is 17.6 Å². The Bertz CT molecular complexity index is 837. The Morgan fingerprint density at radius 1 is 1.19 bits per heavy atom. The molecule has 1 saturated heterocycles. The van der Waals surface area contributed by atoms with Gasteiger partial charge in [-0.3, -0.25) is 9.59 Å². The monoisotopic (exact) mass is 366 g/mol. The molecule has 0 aliphatic carbocycles. The highest BCUT2D eigenvalue weighted by Gasteiger charge is 2.37. The number of piperidine rings is 1. The first-order valence-electron chi connectivity index (χ1n) is 9.25. The average molecular weight is 366 g/mol. The van der Waals surface area contributed by atoms with E-state index in [9.17, 15) is 9.59 Å². The molecule has 3 atom stereocenters. The standard InChI is InChI=1S/C21H26N4O2/c1-13-10-18(16-7-5-4-6-8-16)25(12-15(13)3)21(27)20(26)24-17-9-14(2)19(22)23-11-17/h4-9,11,13,15,18H,10,12H2,1-3H3,(H2,22,23)(H,24,26)/t13-,15-,18+/m1/s1. The zero-order valence-corrected chi connectivity index (χ0v) is 16.0. The zero-order valence-electron chi connectivity index (χ0n) is 16.0. The summed E-state index contributed by atoms with van der Waals surface area (Å²) >= 11 is 0. The molecule has 0 saturated carbocycles. The number of pyridine rings is 1. The molecule has 1 aliphatic heterocycles. The van der Waals surface area contributed by atoms with E-state index in [0.29, 0.717) is 29.9 Å². The molecule has 0 radical (unpaired) electrons. The van der Waals surface area contributed by atoms with Gasteiger partial charge in [-0.1, -0.05) is 44.2 Å². The van der Waals surface area contributed by atoms with Crippen LogP contribution in [0.2, 0.25) is 0 Å². The lowest BCUT2D eigenvalue weighted by molar-refractivity contribution is -0.147. The van der Waals surface area contributed by atoms with E-state index in [2.05, 4.69) is 24.1 Å². The number of nitrogens with one attached hydrogen (secondary N) is 1. The number of likely N-dealkylation sites (tertiary alicyclic amines) is 1. The Balaban J connectivity index is 1.81. The van der Waals surface area contributed by atoms with E-state index in [1.807, 2.05) is 30.3 Å². The first-order chi connectivity index (χ1) is 12.9. The quantitative estimate of drug-likeness (QED) is 0.799. The molecule has 0 unspecified atom stereocenters. The van der Waals surface area contributed by atoms with Gasteiger partial charge in [-0.05, 0) is 42.4 Å². The first-order valence-corrected chi connectivity index (χ1v) is 9.25. The predicted molar refractivity (Wildman–Crippen MR) is 106 cm³/mol.